The van der Waals surface area contributed by atoms with Crippen LogP contribution >= 0.6 is 0 Å². The molecule has 118 valence electrons. The molecule has 0 unspecified atom stereocenters. The molecule has 1 N–H and O–H groups in total. The summed E-state index contributed by atoms with van der Waals surface area (Å²) in [4.78, 5) is 15.9. The van der Waals surface area contributed by atoms with Crippen molar-refractivity contribution in [3.05, 3.63) is 23.5 Å². The molecule has 7 heteroatoms. The van der Waals surface area contributed by atoms with Gasteiger partial charge in [-0.1, -0.05) is 6.92 Å². The van der Waals surface area contributed by atoms with Crippen LogP contribution in [-0.2, 0) is 21.1 Å². The lowest BCUT2D eigenvalue weighted by atomic mass is 10.2. The summed E-state index contributed by atoms with van der Waals surface area (Å²) >= 11 is 0. The third kappa shape index (κ3) is 5.34. The number of sulfone groups is 1. The van der Waals surface area contributed by atoms with Gasteiger partial charge >= 0.3 is 6.09 Å². The van der Waals surface area contributed by atoms with Gasteiger partial charge in [0.15, 0.2) is 9.84 Å². The summed E-state index contributed by atoms with van der Waals surface area (Å²) in [5.41, 5.74) is 0.752. The van der Waals surface area contributed by atoms with Gasteiger partial charge in [0, 0.05) is 6.20 Å². The molecule has 0 saturated heterocycles. The highest BCUT2D eigenvalue weighted by atomic mass is 32.2. The number of aryl methyl sites for hydroxylation is 1. The number of hydrogen-bond donors (Lipinski definition) is 1. The number of carbonyl (C=O) groups is 1. The molecule has 1 heterocycles. The van der Waals surface area contributed by atoms with E-state index in [4.69, 9.17) is 4.74 Å². The molecule has 6 nitrogen and oxygen atoms in total. The van der Waals surface area contributed by atoms with Crippen LogP contribution in [-0.4, -0.2) is 30.8 Å². The molecule has 0 aliphatic rings. The van der Waals surface area contributed by atoms with Crippen molar-refractivity contribution >= 4 is 15.9 Å². The fraction of sp³-hybridized carbons (Fsp3) is 0.571. The van der Waals surface area contributed by atoms with Gasteiger partial charge in [-0.25, -0.2) is 13.2 Å². The van der Waals surface area contributed by atoms with Crippen molar-refractivity contribution in [3.63, 3.8) is 0 Å². The fourth-order valence-corrected chi connectivity index (χ4v) is 2.47. The molecule has 1 amide bonds. The fourth-order valence-electron chi connectivity index (χ4n) is 1.57. The van der Waals surface area contributed by atoms with Crippen LogP contribution < -0.4 is 5.32 Å². The van der Waals surface area contributed by atoms with Crippen molar-refractivity contribution < 1.29 is 17.9 Å². The van der Waals surface area contributed by atoms with Crippen LogP contribution in [0.4, 0.5) is 4.79 Å². The molecule has 0 bridgehead atoms. The third-order valence-electron chi connectivity index (χ3n) is 2.70. The standard InChI is InChI=1S/C14H22N2O4S/c1-6-21(18,19)11-7-10(2)12(15-8-11)9-16-13(17)20-14(3,4)5/h7-8H,6,9H2,1-5H3,(H,16,17). The highest BCUT2D eigenvalue weighted by Gasteiger charge is 2.17. The van der Waals surface area contributed by atoms with Crippen molar-refractivity contribution in [1.82, 2.24) is 10.3 Å². The summed E-state index contributed by atoms with van der Waals surface area (Å²) in [7, 11) is -3.27. The van der Waals surface area contributed by atoms with Gasteiger partial charge in [0.05, 0.1) is 22.9 Å². The molecule has 0 spiro atoms. The Kier molecular flexibility index (Phi) is 5.33. The number of alkyl carbamates (subject to hydrolysis) is 1. The van der Waals surface area contributed by atoms with E-state index in [1.807, 2.05) is 0 Å². The monoisotopic (exact) mass is 314 g/mol. The summed E-state index contributed by atoms with van der Waals surface area (Å²) in [5, 5.41) is 2.60. The summed E-state index contributed by atoms with van der Waals surface area (Å²) < 4.78 is 28.6. The van der Waals surface area contributed by atoms with Gasteiger partial charge in [0.25, 0.3) is 0 Å². The number of hydrogen-bond acceptors (Lipinski definition) is 5. The molecular weight excluding hydrogens is 292 g/mol. The Balaban J connectivity index is 2.77. The minimum Gasteiger partial charge on any atom is -0.444 e. The van der Waals surface area contributed by atoms with E-state index in [2.05, 4.69) is 10.3 Å². The smallest absolute Gasteiger partial charge is 0.407 e. The molecule has 0 radical (unpaired) electrons. The molecule has 21 heavy (non-hydrogen) atoms. The van der Waals surface area contributed by atoms with Crippen LogP contribution in [0.25, 0.3) is 0 Å². The van der Waals surface area contributed by atoms with E-state index < -0.39 is 21.5 Å². The zero-order chi connectivity index (χ0) is 16.3. The van der Waals surface area contributed by atoms with E-state index in [1.165, 1.54) is 6.20 Å². The predicted molar refractivity (Wildman–Crippen MR) is 79.8 cm³/mol. The van der Waals surface area contributed by atoms with Crippen LogP contribution in [0.15, 0.2) is 17.2 Å². The number of aromatic nitrogens is 1. The van der Waals surface area contributed by atoms with Gasteiger partial charge in [0.2, 0.25) is 0 Å². The Morgan fingerprint density at radius 2 is 2.00 bits per heavy atom. The molecule has 0 saturated carbocycles. The number of nitrogens with one attached hydrogen (secondary N) is 1. The largest absolute Gasteiger partial charge is 0.444 e. The van der Waals surface area contributed by atoms with Gasteiger partial charge in [-0.3, -0.25) is 4.98 Å². The van der Waals surface area contributed by atoms with Crippen LogP contribution in [0.1, 0.15) is 39.0 Å². The Hall–Kier alpha value is -1.63. The van der Waals surface area contributed by atoms with Gasteiger partial charge in [-0.15, -0.1) is 0 Å². The number of amides is 1. The maximum Gasteiger partial charge on any atom is 0.407 e. The Labute approximate surface area is 125 Å². The zero-order valence-corrected chi connectivity index (χ0v) is 13.9. The first-order valence-electron chi connectivity index (χ1n) is 6.70. The van der Waals surface area contributed by atoms with Gasteiger partial charge in [-0.2, -0.15) is 0 Å². The molecule has 1 rings (SSSR count). The van der Waals surface area contributed by atoms with Gasteiger partial charge < -0.3 is 10.1 Å². The summed E-state index contributed by atoms with van der Waals surface area (Å²) in [6.45, 7) is 8.87. The van der Waals surface area contributed by atoms with E-state index in [1.54, 1.807) is 40.7 Å². The first kappa shape index (κ1) is 17.4. The highest BCUT2D eigenvalue weighted by Crippen LogP contribution is 2.14. The van der Waals surface area contributed by atoms with Crippen molar-refractivity contribution in [2.24, 2.45) is 0 Å². The molecule has 0 aliphatic heterocycles. The average molecular weight is 314 g/mol. The second-order valence-electron chi connectivity index (χ2n) is 5.69. The normalized spacial score (nSPS) is 12.0. The maximum absolute atomic E-state index is 11.8. The minimum absolute atomic E-state index is 0.0314. The summed E-state index contributed by atoms with van der Waals surface area (Å²) in [6.07, 6.45) is 0.784. The van der Waals surface area contributed by atoms with E-state index >= 15 is 0 Å². The third-order valence-corrected chi connectivity index (χ3v) is 4.40. The second kappa shape index (κ2) is 6.43. The first-order valence-corrected chi connectivity index (χ1v) is 8.35. The predicted octanol–water partition coefficient (Wildman–Crippen LogP) is 2.21. The van der Waals surface area contributed by atoms with Gasteiger partial charge in [-0.05, 0) is 39.3 Å². The van der Waals surface area contributed by atoms with E-state index in [9.17, 15) is 13.2 Å². The number of nitrogens with zero attached hydrogens (tertiary/aromatic N) is 1. The summed E-state index contributed by atoms with van der Waals surface area (Å²) in [5.74, 6) is 0.0314. The molecular formula is C14H22N2O4S. The van der Waals surface area contributed by atoms with Crippen LogP contribution in [0.5, 0.6) is 0 Å². The Morgan fingerprint density at radius 1 is 1.38 bits per heavy atom. The maximum atomic E-state index is 11.8. The molecule has 0 fully saturated rings. The van der Waals surface area contributed by atoms with Crippen molar-refractivity contribution in [1.29, 1.82) is 0 Å². The number of ether oxygens (including phenoxy) is 1. The summed E-state index contributed by atoms with van der Waals surface area (Å²) in [6, 6.07) is 1.57. The quantitative estimate of drug-likeness (QED) is 0.921. The van der Waals surface area contributed by atoms with Crippen LogP contribution in [0.3, 0.4) is 0 Å². The highest BCUT2D eigenvalue weighted by molar-refractivity contribution is 7.91. The topological polar surface area (TPSA) is 85.4 Å². The zero-order valence-electron chi connectivity index (χ0n) is 13.1. The molecule has 0 aliphatic carbocycles. The minimum atomic E-state index is -3.27. The number of rotatable bonds is 4. The van der Waals surface area contributed by atoms with E-state index in [0.29, 0.717) is 11.3 Å². The van der Waals surface area contributed by atoms with E-state index in [0.717, 1.165) is 0 Å². The number of pyridine rings is 1. The van der Waals surface area contributed by atoms with E-state index in [-0.39, 0.29) is 17.2 Å². The first-order chi connectivity index (χ1) is 9.55. The number of carbonyl (C=O) groups excluding carboxylic acids is 1. The van der Waals surface area contributed by atoms with Crippen molar-refractivity contribution in [2.45, 2.75) is 51.7 Å². The average Bonchev–Trinajstić information content (AvgIpc) is 2.35. The molecule has 1 aromatic heterocycles. The van der Waals surface area contributed by atoms with Gasteiger partial charge in [0.1, 0.15) is 5.60 Å². The lowest BCUT2D eigenvalue weighted by molar-refractivity contribution is 0.0523. The van der Waals surface area contributed by atoms with Crippen LogP contribution in [0.2, 0.25) is 0 Å². The Morgan fingerprint density at radius 3 is 2.48 bits per heavy atom. The Bertz CT molecular complexity index is 618. The molecule has 1 aromatic rings. The SMILES string of the molecule is CCS(=O)(=O)c1cnc(CNC(=O)OC(C)(C)C)c(C)c1. The van der Waals surface area contributed by atoms with Crippen LogP contribution in [0, 0.1) is 6.92 Å². The lowest BCUT2D eigenvalue weighted by Gasteiger charge is -2.19. The lowest BCUT2D eigenvalue weighted by Crippen LogP contribution is -2.32. The van der Waals surface area contributed by atoms with Crippen molar-refractivity contribution in [2.75, 3.05) is 5.75 Å². The van der Waals surface area contributed by atoms with Crippen molar-refractivity contribution in [3.8, 4) is 0 Å². The molecule has 0 aromatic carbocycles. The second-order valence-corrected chi connectivity index (χ2v) is 7.97. The molecule has 0 atom stereocenters.